The third-order valence-corrected chi connectivity index (χ3v) is 11.0. The molecule has 51 heavy (non-hydrogen) atoms. The van der Waals surface area contributed by atoms with Gasteiger partial charge < -0.3 is 14.9 Å². The molecule has 0 saturated heterocycles. The van der Waals surface area contributed by atoms with E-state index < -0.39 is 0 Å². The summed E-state index contributed by atoms with van der Waals surface area (Å²) in [5, 5.41) is 23.4. The SMILES string of the molecule is CCCCCCc1cc(O)c(CCCCCC)c(CCCCCC)c1Oc1c(CCCCCC)cc(O)c(CCCCCC)c1CCCCCC. The fourth-order valence-electron chi connectivity index (χ4n) is 7.82. The molecule has 0 aromatic heterocycles. The Hall–Kier alpha value is -2.16. The first-order chi connectivity index (χ1) is 25.0. The molecule has 0 radical (unpaired) electrons. The fourth-order valence-corrected chi connectivity index (χ4v) is 7.82. The molecule has 2 aromatic rings. The molecule has 2 aromatic carbocycles. The number of benzene rings is 2. The topological polar surface area (TPSA) is 49.7 Å². The highest BCUT2D eigenvalue weighted by molar-refractivity contribution is 5.59. The molecule has 2 N–H and O–H groups in total. The summed E-state index contributed by atoms with van der Waals surface area (Å²) in [6.07, 6.45) is 34.2. The molecule has 0 aliphatic heterocycles. The maximum Gasteiger partial charge on any atom is 0.134 e. The van der Waals surface area contributed by atoms with Crippen molar-refractivity contribution in [2.45, 2.75) is 234 Å². The smallest absolute Gasteiger partial charge is 0.134 e. The lowest BCUT2D eigenvalue weighted by Crippen LogP contribution is -2.08. The van der Waals surface area contributed by atoms with Crippen LogP contribution in [0.15, 0.2) is 12.1 Å². The van der Waals surface area contributed by atoms with E-state index in [1.807, 2.05) is 0 Å². The number of hydrogen-bond donors (Lipinski definition) is 2. The summed E-state index contributed by atoms with van der Waals surface area (Å²) in [5.41, 5.74) is 7.14. The van der Waals surface area contributed by atoms with E-state index in [9.17, 15) is 10.2 Å². The first-order valence-corrected chi connectivity index (χ1v) is 22.4. The van der Waals surface area contributed by atoms with Crippen molar-refractivity contribution in [2.24, 2.45) is 0 Å². The molecule has 292 valence electrons. The molecule has 0 bridgehead atoms. The Morgan fingerprint density at radius 1 is 0.333 bits per heavy atom. The van der Waals surface area contributed by atoms with Crippen LogP contribution in [0.3, 0.4) is 0 Å². The van der Waals surface area contributed by atoms with Gasteiger partial charge in [-0.05, 0) is 100 Å². The van der Waals surface area contributed by atoms with Gasteiger partial charge in [0.1, 0.15) is 23.0 Å². The van der Waals surface area contributed by atoms with Crippen LogP contribution in [0.25, 0.3) is 0 Å². The Labute approximate surface area is 316 Å². The highest BCUT2D eigenvalue weighted by atomic mass is 16.5. The zero-order valence-corrected chi connectivity index (χ0v) is 34.7. The lowest BCUT2D eigenvalue weighted by molar-refractivity contribution is 0.428. The van der Waals surface area contributed by atoms with Crippen molar-refractivity contribution in [1.29, 1.82) is 0 Å². The highest BCUT2D eigenvalue weighted by Crippen LogP contribution is 2.44. The summed E-state index contributed by atoms with van der Waals surface area (Å²) < 4.78 is 7.56. The van der Waals surface area contributed by atoms with E-state index in [-0.39, 0.29) is 0 Å². The van der Waals surface area contributed by atoms with Crippen LogP contribution in [-0.2, 0) is 38.5 Å². The molecule has 0 aliphatic carbocycles. The van der Waals surface area contributed by atoms with Crippen LogP contribution >= 0.6 is 0 Å². The van der Waals surface area contributed by atoms with E-state index >= 15 is 0 Å². The Morgan fingerprint density at radius 3 is 0.863 bits per heavy atom. The van der Waals surface area contributed by atoms with Crippen molar-refractivity contribution in [2.75, 3.05) is 0 Å². The summed E-state index contributed by atoms with van der Waals surface area (Å²) in [7, 11) is 0. The maximum absolute atomic E-state index is 11.7. The molecule has 0 spiro atoms. The molecule has 0 heterocycles. The molecule has 3 heteroatoms. The minimum Gasteiger partial charge on any atom is -0.508 e. The molecule has 3 nitrogen and oxygen atoms in total. The lowest BCUT2D eigenvalue weighted by atomic mass is 9.89. The van der Waals surface area contributed by atoms with Crippen molar-refractivity contribution in [3.8, 4) is 23.0 Å². The maximum atomic E-state index is 11.7. The summed E-state index contributed by atoms with van der Waals surface area (Å²) in [5.74, 6) is 3.05. The number of ether oxygens (including phenoxy) is 1. The lowest BCUT2D eigenvalue weighted by Gasteiger charge is -2.25. The van der Waals surface area contributed by atoms with Gasteiger partial charge in [-0.25, -0.2) is 0 Å². The van der Waals surface area contributed by atoms with E-state index in [0.29, 0.717) is 11.5 Å². The number of unbranched alkanes of at least 4 members (excludes halogenated alkanes) is 18. The average molecular weight is 707 g/mol. The summed E-state index contributed by atoms with van der Waals surface area (Å²) in [6, 6.07) is 4.17. The van der Waals surface area contributed by atoms with E-state index in [0.717, 1.165) is 99.7 Å². The zero-order valence-electron chi connectivity index (χ0n) is 34.7. The van der Waals surface area contributed by atoms with E-state index in [1.165, 1.54) is 138 Å². The van der Waals surface area contributed by atoms with Crippen LogP contribution in [0, 0.1) is 0 Å². The Bertz CT molecular complexity index is 1090. The summed E-state index contributed by atoms with van der Waals surface area (Å²) in [6.45, 7) is 13.7. The van der Waals surface area contributed by atoms with Gasteiger partial charge in [0.25, 0.3) is 0 Å². The van der Waals surface area contributed by atoms with E-state index in [4.69, 9.17) is 4.74 Å². The van der Waals surface area contributed by atoms with Crippen molar-refractivity contribution >= 4 is 0 Å². The zero-order chi connectivity index (χ0) is 37.1. The Balaban J connectivity index is 2.83. The molecule has 0 amide bonds. The standard InChI is InChI=1S/C48H82O3/c1-7-13-19-25-31-39-37-45(49)41(33-27-21-15-9-3)43(35-29-23-17-11-5)47(39)51-48-40(32-26-20-14-8-2)38-46(50)42(34-28-22-16-10-4)44(48)36-30-24-18-12-6/h37-38,49-50H,7-36H2,1-6H3. The van der Waals surface area contributed by atoms with Gasteiger partial charge in [0.15, 0.2) is 0 Å². The van der Waals surface area contributed by atoms with E-state index in [1.54, 1.807) is 0 Å². The molecular formula is C48H82O3. The van der Waals surface area contributed by atoms with E-state index in [2.05, 4.69) is 53.7 Å². The van der Waals surface area contributed by atoms with Gasteiger partial charge in [-0.2, -0.15) is 0 Å². The number of phenolic OH excluding ortho intramolecular Hbond substituents is 2. The molecule has 0 unspecified atom stereocenters. The molecule has 0 saturated carbocycles. The predicted octanol–water partition coefficient (Wildman–Crippen LogP) is 15.6. The first kappa shape index (κ1) is 45.0. The van der Waals surface area contributed by atoms with Crippen LogP contribution in [0.1, 0.15) is 229 Å². The van der Waals surface area contributed by atoms with Gasteiger partial charge in [0.2, 0.25) is 0 Å². The second-order valence-corrected chi connectivity index (χ2v) is 15.6. The van der Waals surface area contributed by atoms with Crippen molar-refractivity contribution < 1.29 is 14.9 Å². The quantitative estimate of drug-likeness (QED) is 0.0745. The van der Waals surface area contributed by atoms with Crippen LogP contribution in [0.4, 0.5) is 0 Å². The molecule has 2 rings (SSSR count). The van der Waals surface area contributed by atoms with Crippen LogP contribution in [-0.4, -0.2) is 10.2 Å². The van der Waals surface area contributed by atoms with Gasteiger partial charge in [-0.1, -0.05) is 157 Å². The second-order valence-electron chi connectivity index (χ2n) is 15.6. The Kier molecular flexibility index (Phi) is 25.0. The van der Waals surface area contributed by atoms with Crippen molar-refractivity contribution in [3.63, 3.8) is 0 Å². The van der Waals surface area contributed by atoms with Crippen LogP contribution < -0.4 is 4.74 Å². The average Bonchev–Trinajstić information content (AvgIpc) is 3.12. The highest BCUT2D eigenvalue weighted by Gasteiger charge is 2.24. The van der Waals surface area contributed by atoms with Gasteiger partial charge in [-0.3, -0.25) is 0 Å². The number of phenols is 2. The number of aryl methyl sites for hydroxylation is 2. The van der Waals surface area contributed by atoms with Crippen LogP contribution in [0.2, 0.25) is 0 Å². The molecule has 0 fully saturated rings. The number of rotatable bonds is 32. The first-order valence-electron chi connectivity index (χ1n) is 22.4. The minimum atomic E-state index is 0.483. The fraction of sp³-hybridized carbons (Fsp3) is 0.750. The monoisotopic (exact) mass is 707 g/mol. The third kappa shape index (κ3) is 16.6. The Morgan fingerprint density at radius 2 is 0.588 bits per heavy atom. The number of hydrogen-bond acceptors (Lipinski definition) is 3. The van der Waals surface area contributed by atoms with Gasteiger partial charge in [0, 0.05) is 22.3 Å². The normalized spacial score (nSPS) is 11.5. The minimum absolute atomic E-state index is 0.483. The van der Waals surface area contributed by atoms with Crippen molar-refractivity contribution in [1.82, 2.24) is 0 Å². The third-order valence-electron chi connectivity index (χ3n) is 11.0. The van der Waals surface area contributed by atoms with Gasteiger partial charge in [0.05, 0.1) is 0 Å². The summed E-state index contributed by atoms with van der Waals surface area (Å²) in [4.78, 5) is 0. The summed E-state index contributed by atoms with van der Waals surface area (Å²) >= 11 is 0. The van der Waals surface area contributed by atoms with Crippen molar-refractivity contribution in [3.05, 3.63) is 45.5 Å². The van der Waals surface area contributed by atoms with Gasteiger partial charge in [-0.15, -0.1) is 0 Å². The van der Waals surface area contributed by atoms with Crippen LogP contribution in [0.5, 0.6) is 23.0 Å². The second kappa shape index (κ2) is 28.4. The largest absolute Gasteiger partial charge is 0.508 e. The molecule has 0 atom stereocenters. The number of aromatic hydroxyl groups is 2. The molecule has 0 aliphatic rings. The van der Waals surface area contributed by atoms with Gasteiger partial charge >= 0.3 is 0 Å². The molecular weight excluding hydrogens is 625 g/mol. The predicted molar refractivity (Wildman–Crippen MR) is 223 cm³/mol.